The summed E-state index contributed by atoms with van der Waals surface area (Å²) in [6.45, 7) is 0.906. The van der Waals surface area contributed by atoms with Crippen LogP contribution in [0.4, 0.5) is 4.79 Å². The molecule has 7 heteroatoms. The molecule has 1 aromatic carbocycles. The fraction of sp³-hybridized carbons (Fsp3) is 0.421. The molecule has 6 nitrogen and oxygen atoms in total. The van der Waals surface area contributed by atoms with E-state index in [1.807, 2.05) is 29.6 Å². The van der Waals surface area contributed by atoms with E-state index in [-0.39, 0.29) is 18.6 Å². The van der Waals surface area contributed by atoms with Crippen LogP contribution in [0.3, 0.4) is 0 Å². The Morgan fingerprint density at radius 2 is 2.19 bits per heavy atom. The first-order valence-electron chi connectivity index (χ1n) is 8.86. The molecule has 3 heterocycles. The van der Waals surface area contributed by atoms with E-state index < -0.39 is 11.7 Å². The number of fused-ring (bicyclic) bond motifs is 2. The van der Waals surface area contributed by atoms with Gasteiger partial charge in [-0.3, -0.25) is 4.79 Å². The molecule has 2 saturated heterocycles. The molecule has 3 aliphatic rings. The molecule has 0 bridgehead atoms. The molecule has 134 valence electrons. The number of hydrogen-bond acceptors (Lipinski definition) is 6. The van der Waals surface area contributed by atoms with Crippen LogP contribution in [0.2, 0.25) is 0 Å². The number of ether oxygens (including phenoxy) is 2. The number of carbonyl (C=O) groups is 2. The minimum Gasteiger partial charge on any atom is -0.427 e. The highest BCUT2D eigenvalue weighted by atomic mass is 32.1. The number of amides is 2. The van der Waals surface area contributed by atoms with Crippen molar-refractivity contribution in [2.45, 2.75) is 43.9 Å². The van der Waals surface area contributed by atoms with E-state index in [9.17, 15) is 9.59 Å². The second kappa shape index (κ2) is 5.89. The van der Waals surface area contributed by atoms with Gasteiger partial charge in [0.15, 0.2) is 0 Å². The zero-order valence-electron chi connectivity index (χ0n) is 14.1. The van der Waals surface area contributed by atoms with E-state index in [0.717, 1.165) is 42.0 Å². The lowest BCUT2D eigenvalue weighted by atomic mass is 9.95. The summed E-state index contributed by atoms with van der Waals surface area (Å²) >= 11 is 1.52. The van der Waals surface area contributed by atoms with Gasteiger partial charge in [0.1, 0.15) is 11.1 Å². The van der Waals surface area contributed by atoms with Crippen LogP contribution in [0.15, 0.2) is 29.6 Å². The lowest BCUT2D eigenvalue weighted by molar-refractivity contribution is -0.137. The van der Waals surface area contributed by atoms with Crippen LogP contribution >= 0.6 is 11.3 Å². The van der Waals surface area contributed by atoms with Crippen molar-refractivity contribution in [3.8, 4) is 0 Å². The molecule has 2 atom stereocenters. The first-order chi connectivity index (χ1) is 12.7. The van der Waals surface area contributed by atoms with E-state index in [1.165, 1.54) is 16.2 Å². The van der Waals surface area contributed by atoms with Gasteiger partial charge in [-0.2, -0.15) is 0 Å². The van der Waals surface area contributed by atoms with E-state index in [4.69, 9.17) is 9.47 Å². The predicted molar refractivity (Wildman–Crippen MR) is 93.5 cm³/mol. The number of hydrogen-bond donors (Lipinski definition) is 0. The van der Waals surface area contributed by atoms with Crippen LogP contribution in [-0.2, 0) is 32.8 Å². The minimum atomic E-state index is -1.15. The van der Waals surface area contributed by atoms with Gasteiger partial charge in [0.05, 0.1) is 12.2 Å². The van der Waals surface area contributed by atoms with Gasteiger partial charge in [0.25, 0.3) is 5.91 Å². The molecule has 26 heavy (non-hydrogen) atoms. The van der Waals surface area contributed by atoms with Crippen molar-refractivity contribution in [2.75, 3.05) is 6.61 Å². The van der Waals surface area contributed by atoms with E-state index in [0.29, 0.717) is 12.1 Å². The smallest absolute Gasteiger partial charge is 0.418 e. The number of aryl methyl sites for hydroxylation is 1. The maximum Gasteiger partial charge on any atom is 0.418 e. The molecular formula is C19H18N2O4S. The molecule has 2 fully saturated rings. The van der Waals surface area contributed by atoms with Crippen molar-refractivity contribution in [2.24, 2.45) is 0 Å². The normalized spacial score (nSPS) is 27.4. The number of rotatable bonds is 3. The predicted octanol–water partition coefficient (Wildman–Crippen LogP) is 3.32. The molecule has 2 aromatic rings. The minimum absolute atomic E-state index is 0.0445. The van der Waals surface area contributed by atoms with Gasteiger partial charge in [0.2, 0.25) is 5.60 Å². The number of thiazole rings is 1. The molecular weight excluding hydrogens is 352 g/mol. The van der Waals surface area contributed by atoms with Gasteiger partial charge < -0.3 is 9.47 Å². The standard InChI is InChI=1S/C19H18N2O4S/c22-17-19(8-7-12-4-1-2-5-14(12)19)25-18(23)21(17)10-13-11-26-16(20-13)15-6-3-9-24-15/h1-2,4-5,11,15H,3,6-10H2/t15-,19+/m0/s1. The van der Waals surface area contributed by atoms with Gasteiger partial charge in [-0.25, -0.2) is 14.7 Å². The maximum atomic E-state index is 13.1. The Morgan fingerprint density at radius 1 is 1.31 bits per heavy atom. The first kappa shape index (κ1) is 16.0. The number of imide groups is 1. The SMILES string of the molecule is O=C1O[C@@]2(CCc3ccccc32)C(=O)N1Cc1csc([C@@H]2CCCO2)n1. The monoisotopic (exact) mass is 370 g/mol. The quantitative estimate of drug-likeness (QED) is 0.829. The van der Waals surface area contributed by atoms with Crippen molar-refractivity contribution >= 4 is 23.3 Å². The second-order valence-electron chi connectivity index (χ2n) is 6.92. The zero-order valence-corrected chi connectivity index (χ0v) is 15.0. The molecule has 0 radical (unpaired) electrons. The summed E-state index contributed by atoms with van der Waals surface area (Å²) in [6, 6.07) is 7.69. The van der Waals surface area contributed by atoms with Crippen LogP contribution in [0.5, 0.6) is 0 Å². The third-order valence-corrected chi connectivity index (χ3v) is 6.35. The van der Waals surface area contributed by atoms with Crippen molar-refractivity contribution < 1.29 is 19.1 Å². The summed E-state index contributed by atoms with van der Waals surface area (Å²) in [5.74, 6) is -0.279. The third-order valence-electron chi connectivity index (χ3n) is 5.37. The number of carbonyl (C=O) groups excluding carboxylic acids is 2. The van der Waals surface area contributed by atoms with Crippen LogP contribution in [-0.4, -0.2) is 28.5 Å². The van der Waals surface area contributed by atoms with Gasteiger partial charge in [0, 0.05) is 24.0 Å². The number of benzene rings is 1. The van der Waals surface area contributed by atoms with Crippen molar-refractivity contribution in [1.82, 2.24) is 9.88 Å². The van der Waals surface area contributed by atoms with Crippen LogP contribution in [0.1, 0.15) is 47.2 Å². The lowest BCUT2D eigenvalue weighted by Crippen LogP contribution is -2.37. The average molecular weight is 370 g/mol. The Morgan fingerprint density at radius 3 is 3.04 bits per heavy atom. The number of nitrogens with zero attached hydrogens (tertiary/aromatic N) is 2. The summed E-state index contributed by atoms with van der Waals surface area (Å²) < 4.78 is 11.3. The Hall–Kier alpha value is -2.25. The lowest BCUT2D eigenvalue weighted by Gasteiger charge is -2.20. The van der Waals surface area contributed by atoms with Crippen molar-refractivity contribution in [3.63, 3.8) is 0 Å². The van der Waals surface area contributed by atoms with E-state index in [1.54, 1.807) is 0 Å². The molecule has 0 saturated carbocycles. The van der Waals surface area contributed by atoms with E-state index in [2.05, 4.69) is 4.98 Å². The average Bonchev–Trinajstić information content (AvgIpc) is 3.41. The zero-order chi connectivity index (χ0) is 17.7. The summed E-state index contributed by atoms with van der Waals surface area (Å²) in [5.41, 5.74) is 1.44. The Kier molecular flexibility index (Phi) is 3.62. The summed E-state index contributed by atoms with van der Waals surface area (Å²) in [6.07, 6.45) is 2.71. The Balaban J connectivity index is 1.39. The highest BCUT2D eigenvalue weighted by Gasteiger charge is 2.57. The number of aromatic nitrogens is 1. The fourth-order valence-electron chi connectivity index (χ4n) is 4.07. The molecule has 0 unspecified atom stereocenters. The van der Waals surface area contributed by atoms with Gasteiger partial charge in [-0.15, -0.1) is 11.3 Å². The fourth-order valence-corrected chi connectivity index (χ4v) is 4.96. The molecule has 5 rings (SSSR count). The van der Waals surface area contributed by atoms with Crippen LogP contribution in [0, 0.1) is 0 Å². The summed E-state index contributed by atoms with van der Waals surface area (Å²) in [5, 5.41) is 2.81. The molecule has 1 aromatic heterocycles. The van der Waals surface area contributed by atoms with Crippen molar-refractivity contribution in [3.05, 3.63) is 51.5 Å². The highest BCUT2D eigenvalue weighted by Crippen LogP contribution is 2.45. The van der Waals surface area contributed by atoms with Gasteiger partial charge in [-0.1, -0.05) is 24.3 Å². The van der Waals surface area contributed by atoms with Gasteiger partial charge >= 0.3 is 6.09 Å². The molecule has 1 spiro atoms. The highest BCUT2D eigenvalue weighted by molar-refractivity contribution is 7.09. The third kappa shape index (κ3) is 2.30. The Labute approximate surface area is 154 Å². The largest absolute Gasteiger partial charge is 0.427 e. The molecule has 1 aliphatic carbocycles. The van der Waals surface area contributed by atoms with Gasteiger partial charge in [-0.05, 0) is 24.8 Å². The first-order valence-corrected chi connectivity index (χ1v) is 9.74. The van der Waals surface area contributed by atoms with Crippen LogP contribution in [0.25, 0.3) is 0 Å². The molecule has 2 aliphatic heterocycles. The Bertz CT molecular complexity index is 889. The molecule has 0 N–H and O–H groups in total. The topological polar surface area (TPSA) is 68.7 Å². The summed E-state index contributed by atoms with van der Waals surface area (Å²) in [7, 11) is 0. The van der Waals surface area contributed by atoms with Crippen molar-refractivity contribution in [1.29, 1.82) is 0 Å². The van der Waals surface area contributed by atoms with Crippen LogP contribution < -0.4 is 0 Å². The molecule has 2 amide bonds. The maximum absolute atomic E-state index is 13.1. The van der Waals surface area contributed by atoms with E-state index >= 15 is 0 Å². The second-order valence-corrected chi connectivity index (χ2v) is 7.81. The summed E-state index contributed by atoms with van der Waals surface area (Å²) in [4.78, 5) is 31.3.